The van der Waals surface area contributed by atoms with E-state index in [4.69, 9.17) is 4.74 Å². The summed E-state index contributed by atoms with van der Waals surface area (Å²) in [4.78, 5) is 11.7. The van der Waals surface area contributed by atoms with Crippen molar-refractivity contribution in [1.29, 1.82) is 0 Å². The highest BCUT2D eigenvalue weighted by atomic mass is 79.9. The van der Waals surface area contributed by atoms with Crippen LogP contribution in [0.25, 0.3) is 0 Å². The molecule has 0 saturated carbocycles. The van der Waals surface area contributed by atoms with Gasteiger partial charge in [-0.15, -0.1) is 0 Å². The van der Waals surface area contributed by atoms with E-state index in [1.54, 1.807) is 25.3 Å². The van der Waals surface area contributed by atoms with Gasteiger partial charge < -0.3 is 10.1 Å². The second-order valence-corrected chi connectivity index (χ2v) is 4.81. The molecule has 1 amide bonds. The zero-order chi connectivity index (χ0) is 12.1. The van der Waals surface area contributed by atoms with Gasteiger partial charge in [-0.2, -0.15) is 0 Å². The van der Waals surface area contributed by atoms with Crippen molar-refractivity contribution in [3.8, 4) is 5.75 Å². The maximum absolute atomic E-state index is 11.7. The average Bonchev–Trinajstić information content (AvgIpc) is 2.25. The molecular formula is C12H16BrNO2. The second-order valence-electron chi connectivity index (χ2n) is 3.95. The monoisotopic (exact) mass is 285 g/mol. The molecule has 0 aliphatic heterocycles. The third-order valence-corrected chi connectivity index (χ3v) is 2.70. The Balaban J connectivity index is 2.73. The normalized spacial score (nSPS) is 10.3. The minimum absolute atomic E-state index is 0.0583. The lowest BCUT2D eigenvalue weighted by atomic mass is 10.2. The number of carbonyl (C=O) groups excluding carboxylic acids is 1. The lowest BCUT2D eigenvalue weighted by molar-refractivity contribution is 0.0949. The quantitative estimate of drug-likeness (QED) is 0.924. The lowest BCUT2D eigenvalue weighted by Gasteiger charge is -2.09. The molecule has 1 aromatic carbocycles. The number of benzene rings is 1. The highest BCUT2D eigenvalue weighted by molar-refractivity contribution is 9.10. The van der Waals surface area contributed by atoms with Gasteiger partial charge in [0.15, 0.2) is 0 Å². The Morgan fingerprint density at radius 3 is 2.69 bits per heavy atom. The Labute approximate surface area is 104 Å². The van der Waals surface area contributed by atoms with Crippen LogP contribution >= 0.6 is 15.9 Å². The summed E-state index contributed by atoms with van der Waals surface area (Å²) < 4.78 is 5.88. The van der Waals surface area contributed by atoms with E-state index in [1.165, 1.54) is 0 Å². The number of methoxy groups -OCH3 is 1. The third-order valence-electron chi connectivity index (χ3n) is 2.08. The van der Waals surface area contributed by atoms with E-state index in [1.807, 2.05) is 0 Å². The zero-order valence-electron chi connectivity index (χ0n) is 9.71. The highest BCUT2D eigenvalue weighted by Crippen LogP contribution is 2.25. The minimum atomic E-state index is -0.0583. The van der Waals surface area contributed by atoms with Crippen LogP contribution in [0.2, 0.25) is 0 Å². The summed E-state index contributed by atoms with van der Waals surface area (Å²) in [7, 11) is 1.60. The van der Waals surface area contributed by atoms with Crippen molar-refractivity contribution in [3.63, 3.8) is 0 Å². The predicted molar refractivity (Wildman–Crippen MR) is 67.9 cm³/mol. The van der Waals surface area contributed by atoms with E-state index < -0.39 is 0 Å². The van der Waals surface area contributed by atoms with E-state index in [0.717, 1.165) is 10.2 Å². The van der Waals surface area contributed by atoms with Gasteiger partial charge in [0.1, 0.15) is 5.75 Å². The predicted octanol–water partition coefficient (Wildman–Crippen LogP) is 2.84. The fourth-order valence-electron chi connectivity index (χ4n) is 1.21. The fourth-order valence-corrected chi connectivity index (χ4v) is 1.75. The Bertz CT molecular complexity index is 377. The fraction of sp³-hybridized carbons (Fsp3) is 0.417. The van der Waals surface area contributed by atoms with Gasteiger partial charge in [-0.25, -0.2) is 0 Å². The summed E-state index contributed by atoms with van der Waals surface area (Å²) in [6.07, 6.45) is 0. The molecule has 1 rings (SSSR count). The van der Waals surface area contributed by atoms with E-state index in [-0.39, 0.29) is 5.91 Å². The molecule has 1 aromatic rings. The second kappa shape index (κ2) is 5.89. The van der Waals surface area contributed by atoms with Crippen molar-refractivity contribution >= 4 is 21.8 Å². The van der Waals surface area contributed by atoms with Crippen LogP contribution in [0.4, 0.5) is 0 Å². The Kier molecular flexibility index (Phi) is 4.80. The van der Waals surface area contributed by atoms with Gasteiger partial charge in [-0.05, 0) is 40.0 Å². The molecule has 0 heterocycles. The first kappa shape index (κ1) is 13.0. The molecule has 88 valence electrons. The molecule has 0 atom stereocenters. The molecular weight excluding hydrogens is 270 g/mol. The lowest BCUT2D eigenvalue weighted by Crippen LogP contribution is -2.27. The molecule has 0 radical (unpaired) electrons. The van der Waals surface area contributed by atoms with E-state index in [0.29, 0.717) is 18.0 Å². The largest absolute Gasteiger partial charge is 0.496 e. The molecule has 0 aliphatic carbocycles. The third kappa shape index (κ3) is 3.52. The minimum Gasteiger partial charge on any atom is -0.496 e. The van der Waals surface area contributed by atoms with Crippen molar-refractivity contribution in [2.45, 2.75) is 13.8 Å². The van der Waals surface area contributed by atoms with Gasteiger partial charge in [0.05, 0.1) is 11.6 Å². The maximum Gasteiger partial charge on any atom is 0.251 e. The van der Waals surface area contributed by atoms with Crippen LogP contribution in [0.15, 0.2) is 22.7 Å². The molecule has 0 fully saturated rings. The first-order chi connectivity index (χ1) is 7.54. The summed E-state index contributed by atoms with van der Waals surface area (Å²) in [5.41, 5.74) is 0.633. The number of nitrogens with one attached hydrogen (secondary N) is 1. The first-order valence-electron chi connectivity index (χ1n) is 5.16. The van der Waals surface area contributed by atoms with Crippen LogP contribution in [0.1, 0.15) is 24.2 Å². The number of hydrogen-bond acceptors (Lipinski definition) is 2. The number of hydrogen-bond donors (Lipinski definition) is 1. The zero-order valence-corrected chi connectivity index (χ0v) is 11.3. The molecule has 0 aromatic heterocycles. The van der Waals surface area contributed by atoms with Gasteiger partial charge in [-0.3, -0.25) is 4.79 Å². The van der Waals surface area contributed by atoms with Gasteiger partial charge in [0.25, 0.3) is 5.91 Å². The molecule has 0 aliphatic rings. The highest BCUT2D eigenvalue weighted by Gasteiger charge is 2.08. The molecule has 0 spiro atoms. The van der Waals surface area contributed by atoms with Gasteiger partial charge in [0.2, 0.25) is 0 Å². The molecule has 4 heteroatoms. The van der Waals surface area contributed by atoms with Crippen molar-refractivity contribution in [2.24, 2.45) is 5.92 Å². The smallest absolute Gasteiger partial charge is 0.251 e. The molecule has 16 heavy (non-hydrogen) atoms. The Morgan fingerprint density at radius 2 is 2.19 bits per heavy atom. The van der Waals surface area contributed by atoms with Crippen LogP contribution in [0, 0.1) is 5.92 Å². The van der Waals surface area contributed by atoms with Crippen LogP contribution in [0.3, 0.4) is 0 Å². The van der Waals surface area contributed by atoms with Crippen LogP contribution < -0.4 is 10.1 Å². The summed E-state index contributed by atoms with van der Waals surface area (Å²) >= 11 is 3.35. The SMILES string of the molecule is COc1ccc(C(=O)NCC(C)C)cc1Br. The van der Waals surface area contributed by atoms with Crippen molar-refractivity contribution in [1.82, 2.24) is 5.32 Å². The van der Waals surface area contributed by atoms with Crippen molar-refractivity contribution in [2.75, 3.05) is 13.7 Å². The summed E-state index contributed by atoms with van der Waals surface area (Å²) in [5.74, 6) is 1.11. The number of rotatable bonds is 4. The summed E-state index contributed by atoms with van der Waals surface area (Å²) in [5, 5.41) is 2.86. The van der Waals surface area contributed by atoms with Crippen LogP contribution in [-0.4, -0.2) is 19.6 Å². The standard InChI is InChI=1S/C12H16BrNO2/c1-8(2)7-14-12(15)9-4-5-11(16-3)10(13)6-9/h4-6,8H,7H2,1-3H3,(H,14,15). The Hall–Kier alpha value is -1.03. The summed E-state index contributed by atoms with van der Waals surface area (Å²) in [6, 6.07) is 5.28. The van der Waals surface area contributed by atoms with E-state index >= 15 is 0 Å². The topological polar surface area (TPSA) is 38.3 Å². The Morgan fingerprint density at radius 1 is 1.50 bits per heavy atom. The number of amides is 1. The van der Waals surface area contributed by atoms with Crippen LogP contribution in [-0.2, 0) is 0 Å². The van der Waals surface area contributed by atoms with Gasteiger partial charge >= 0.3 is 0 Å². The van der Waals surface area contributed by atoms with Crippen molar-refractivity contribution < 1.29 is 9.53 Å². The molecule has 0 unspecified atom stereocenters. The molecule has 0 saturated heterocycles. The molecule has 3 nitrogen and oxygen atoms in total. The number of carbonyl (C=O) groups is 1. The average molecular weight is 286 g/mol. The van der Waals surface area contributed by atoms with E-state index in [9.17, 15) is 4.79 Å². The molecule has 1 N–H and O–H groups in total. The summed E-state index contributed by atoms with van der Waals surface area (Å²) in [6.45, 7) is 4.80. The van der Waals surface area contributed by atoms with Gasteiger partial charge in [-0.1, -0.05) is 13.8 Å². The number of halogens is 1. The van der Waals surface area contributed by atoms with Gasteiger partial charge in [0, 0.05) is 12.1 Å². The first-order valence-corrected chi connectivity index (χ1v) is 5.95. The maximum atomic E-state index is 11.7. The van der Waals surface area contributed by atoms with E-state index in [2.05, 4.69) is 35.1 Å². The molecule has 0 bridgehead atoms. The van der Waals surface area contributed by atoms with Crippen molar-refractivity contribution in [3.05, 3.63) is 28.2 Å². The number of ether oxygens (including phenoxy) is 1. The van der Waals surface area contributed by atoms with Crippen LogP contribution in [0.5, 0.6) is 5.75 Å².